The third-order valence-corrected chi connectivity index (χ3v) is 5.03. The summed E-state index contributed by atoms with van der Waals surface area (Å²) in [5, 5.41) is 14.4. The van der Waals surface area contributed by atoms with Crippen LogP contribution in [0.3, 0.4) is 0 Å². The van der Waals surface area contributed by atoms with Gasteiger partial charge in [-0.15, -0.1) is 0 Å². The number of carbonyl (C=O) groups is 1. The van der Waals surface area contributed by atoms with Crippen molar-refractivity contribution >= 4 is 17.5 Å². The highest BCUT2D eigenvalue weighted by Gasteiger charge is 2.23. The summed E-state index contributed by atoms with van der Waals surface area (Å²) in [6.07, 6.45) is -1.39. The van der Waals surface area contributed by atoms with E-state index in [1.165, 1.54) is 0 Å². The number of rotatable bonds is 7. The van der Waals surface area contributed by atoms with Gasteiger partial charge in [-0.3, -0.25) is 4.68 Å². The van der Waals surface area contributed by atoms with Gasteiger partial charge in [0.25, 0.3) is 0 Å². The minimum atomic E-state index is -0.978. The standard InChI is InChI=1S/C25H33N3O4/c1-9-17(3)30-24(29)32-18(4)31-23(22-14-16(2)27-28(22)8)21(15-26)19-10-12-20(13-11-19)25(5,6)7/h10-14,17-18H,9H2,1-8H3/b23-21-. The van der Waals surface area contributed by atoms with Gasteiger partial charge in [0.15, 0.2) is 5.76 Å². The molecule has 0 N–H and O–H groups in total. The molecular formula is C25H33N3O4. The van der Waals surface area contributed by atoms with Crippen LogP contribution in [0, 0.1) is 18.3 Å². The van der Waals surface area contributed by atoms with Gasteiger partial charge in [-0.1, -0.05) is 52.0 Å². The minimum Gasteiger partial charge on any atom is -0.451 e. The van der Waals surface area contributed by atoms with E-state index in [1.807, 2.05) is 44.2 Å². The molecule has 0 aliphatic rings. The van der Waals surface area contributed by atoms with Crippen LogP contribution in [0.15, 0.2) is 30.3 Å². The summed E-state index contributed by atoms with van der Waals surface area (Å²) in [5.74, 6) is 0.281. The van der Waals surface area contributed by atoms with E-state index < -0.39 is 12.4 Å². The SMILES string of the molecule is CCC(C)OC(=O)OC(C)O/C(=C(/C#N)c1ccc(C(C)(C)C)cc1)c1cc(C)nn1C. The van der Waals surface area contributed by atoms with Crippen LogP contribution >= 0.6 is 0 Å². The number of carbonyl (C=O) groups excluding carboxylic acids is 1. The van der Waals surface area contributed by atoms with Crippen molar-refractivity contribution < 1.29 is 19.0 Å². The van der Waals surface area contributed by atoms with Gasteiger partial charge in [-0.05, 0) is 42.9 Å². The maximum atomic E-state index is 12.0. The summed E-state index contributed by atoms with van der Waals surface area (Å²) in [5.41, 5.74) is 3.54. The van der Waals surface area contributed by atoms with Crippen molar-refractivity contribution in [1.82, 2.24) is 9.78 Å². The monoisotopic (exact) mass is 439 g/mol. The van der Waals surface area contributed by atoms with Gasteiger partial charge in [0.05, 0.1) is 5.69 Å². The second-order valence-electron chi connectivity index (χ2n) is 8.83. The molecule has 0 amide bonds. The molecule has 2 rings (SSSR count). The first-order valence-electron chi connectivity index (χ1n) is 10.8. The molecule has 0 radical (unpaired) electrons. The van der Waals surface area contributed by atoms with E-state index in [0.29, 0.717) is 23.3 Å². The summed E-state index contributed by atoms with van der Waals surface area (Å²) in [6, 6.07) is 11.9. The fourth-order valence-electron chi connectivity index (χ4n) is 3.05. The van der Waals surface area contributed by atoms with Crippen LogP contribution < -0.4 is 0 Å². The Hall–Kier alpha value is -3.27. The van der Waals surface area contributed by atoms with Crippen molar-refractivity contribution in [2.45, 2.75) is 72.7 Å². The molecule has 1 aromatic heterocycles. The highest BCUT2D eigenvalue weighted by molar-refractivity contribution is 5.94. The molecule has 0 aliphatic carbocycles. The fraction of sp³-hybridized carbons (Fsp3) is 0.480. The molecule has 32 heavy (non-hydrogen) atoms. The molecule has 7 heteroatoms. The number of nitrogens with zero attached hydrogens (tertiary/aromatic N) is 3. The van der Waals surface area contributed by atoms with Crippen LogP contribution in [0.4, 0.5) is 4.79 Å². The molecular weight excluding hydrogens is 406 g/mol. The van der Waals surface area contributed by atoms with E-state index in [-0.39, 0.29) is 17.3 Å². The lowest BCUT2D eigenvalue weighted by atomic mass is 9.86. The summed E-state index contributed by atoms with van der Waals surface area (Å²) in [4.78, 5) is 12.0. The molecule has 1 aromatic carbocycles. The third-order valence-electron chi connectivity index (χ3n) is 5.03. The molecule has 172 valence electrons. The van der Waals surface area contributed by atoms with Gasteiger partial charge < -0.3 is 14.2 Å². The lowest BCUT2D eigenvalue weighted by molar-refractivity contribution is -0.0753. The van der Waals surface area contributed by atoms with Crippen molar-refractivity contribution in [2.24, 2.45) is 7.05 Å². The highest BCUT2D eigenvalue weighted by atomic mass is 16.8. The number of ether oxygens (including phenoxy) is 3. The average Bonchev–Trinajstić information content (AvgIpc) is 3.05. The molecule has 2 atom stereocenters. The summed E-state index contributed by atoms with van der Waals surface area (Å²) in [6.45, 7) is 13.5. The van der Waals surface area contributed by atoms with Crippen LogP contribution in [-0.2, 0) is 26.7 Å². The number of aryl methyl sites for hydroxylation is 2. The van der Waals surface area contributed by atoms with Crippen LogP contribution in [0.5, 0.6) is 0 Å². The maximum Gasteiger partial charge on any atom is 0.511 e. The van der Waals surface area contributed by atoms with Gasteiger partial charge in [0.2, 0.25) is 6.29 Å². The molecule has 0 bridgehead atoms. The van der Waals surface area contributed by atoms with E-state index in [1.54, 1.807) is 25.6 Å². The molecule has 7 nitrogen and oxygen atoms in total. The Morgan fingerprint density at radius 1 is 1.16 bits per heavy atom. The molecule has 0 spiro atoms. The normalized spacial score (nSPS) is 14.1. The lowest BCUT2D eigenvalue weighted by Gasteiger charge is -2.21. The number of hydrogen-bond donors (Lipinski definition) is 0. The Labute approximate surface area is 190 Å². The van der Waals surface area contributed by atoms with E-state index in [0.717, 1.165) is 11.3 Å². The quantitative estimate of drug-likeness (QED) is 0.237. The third kappa shape index (κ3) is 6.36. The average molecular weight is 440 g/mol. The number of benzene rings is 1. The lowest BCUT2D eigenvalue weighted by Crippen LogP contribution is -2.22. The zero-order chi connectivity index (χ0) is 24.1. The zero-order valence-electron chi connectivity index (χ0n) is 20.2. The first-order valence-corrected chi connectivity index (χ1v) is 10.8. The van der Waals surface area contributed by atoms with Gasteiger partial charge in [0.1, 0.15) is 23.4 Å². The van der Waals surface area contributed by atoms with E-state index in [9.17, 15) is 10.1 Å². The smallest absolute Gasteiger partial charge is 0.451 e. The summed E-state index contributed by atoms with van der Waals surface area (Å²) in [7, 11) is 1.77. The Bertz CT molecular complexity index is 1010. The predicted octanol–water partition coefficient (Wildman–Crippen LogP) is 5.73. The first kappa shape index (κ1) is 25.0. The maximum absolute atomic E-state index is 12.0. The van der Waals surface area contributed by atoms with Crippen molar-refractivity contribution in [3.05, 3.63) is 52.8 Å². The van der Waals surface area contributed by atoms with Crippen molar-refractivity contribution in [1.29, 1.82) is 5.26 Å². The largest absolute Gasteiger partial charge is 0.511 e. The van der Waals surface area contributed by atoms with Gasteiger partial charge in [-0.2, -0.15) is 10.4 Å². The summed E-state index contributed by atoms with van der Waals surface area (Å²) >= 11 is 0. The molecule has 2 unspecified atom stereocenters. The Morgan fingerprint density at radius 3 is 2.25 bits per heavy atom. The zero-order valence-corrected chi connectivity index (χ0v) is 20.2. The van der Waals surface area contributed by atoms with E-state index >= 15 is 0 Å². The van der Waals surface area contributed by atoms with E-state index in [2.05, 4.69) is 31.9 Å². The van der Waals surface area contributed by atoms with Gasteiger partial charge >= 0.3 is 6.16 Å². The molecule has 0 fully saturated rings. The molecule has 0 aliphatic heterocycles. The second kappa shape index (κ2) is 10.4. The Morgan fingerprint density at radius 2 is 1.78 bits per heavy atom. The topological polar surface area (TPSA) is 86.4 Å². The Kier molecular flexibility index (Phi) is 8.09. The van der Waals surface area contributed by atoms with Crippen molar-refractivity contribution in [3.8, 4) is 6.07 Å². The van der Waals surface area contributed by atoms with Gasteiger partial charge in [0, 0.05) is 14.0 Å². The predicted molar refractivity (Wildman–Crippen MR) is 123 cm³/mol. The van der Waals surface area contributed by atoms with E-state index in [4.69, 9.17) is 14.2 Å². The summed E-state index contributed by atoms with van der Waals surface area (Å²) < 4.78 is 18.1. The van der Waals surface area contributed by atoms with Crippen LogP contribution in [0.2, 0.25) is 0 Å². The molecule has 0 saturated carbocycles. The molecule has 1 heterocycles. The molecule has 0 saturated heterocycles. The highest BCUT2D eigenvalue weighted by Crippen LogP contribution is 2.31. The second-order valence-corrected chi connectivity index (χ2v) is 8.83. The van der Waals surface area contributed by atoms with Crippen LogP contribution in [0.1, 0.15) is 70.5 Å². The number of nitriles is 1. The van der Waals surface area contributed by atoms with Crippen molar-refractivity contribution in [2.75, 3.05) is 0 Å². The number of hydrogen-bond acceptors (Lipinski definition) is 6. The fourth-order valence-corrected chi connectivity index (χ4v) is 3.05. The number of allylic oxidation sites excluding steroid dienone is 1. The number of aromatic nitrogens is 2. The minimum absolute atomic E-state index is 0.00806. The Balaban J connectivity index is 2.45. The molecule has 2 aromatic rings. The van der Waals surface area contributed by atoms with Crippen LogP contribution in [0.25, 0.3) is 11.3 Å². The van der Waals surface area contributed by atoms with Gasteiger partial charge in [-0.25, -0.2) is 4.79 Å². The van der Waals surface area contributed by atoms with Crippen molar-refractivity contribution in [3.63, 3.8) is 0 Å². The van der Waals surface area contributed by atoms with Crippen LogP contribution in [-0.4, -0.2) is 28.3 Å². The first-order chi connectivity index (χ1) is 15.0.